The van der Waals surface area contributed by atoms with Crippen molar-refractivity contribution in [3.63, 3.8) is 0 Å². The Morgan fingerprint density at radius 3 is 2.48 bits per heavy atom. The maximum atomic E-state index is 6.49. The molecule has 2 nitrogen and oxygen atoms in total. The van der Waals surface area contributed by atoms with Crippen molar-refractivity contribution in [3.8, 4) is 0 Å². The van der Waals surface area contributed by atoms with Crippen LogP contribution in [-0.2, 0) is 9.47 Å². The molecule has 2 bridgehead atoms. The highest BCUT2D eigenvalue weighted by Crippen LogP contribution is 2.55. The Morgan fingerprint density at radius 2 is 1.90 bits per heavy atom. The van der Waals surface area contributed by atoms with E-state index in [-0.39, 0.29) is 11.4 Å². The van der Waals surface area contributed by atoms with Crippen LogP contribution in [0.5, 0.6) is 0 Å². The van der Waals surface area contributed by atoms with Crippen molar-refractivity contribution in [2.24, 2.45) is 11.8 Å². The summed E-state index contributed by atoms with van der Waals surface area (Å²) in [5.74, 6) is 0.930. The molecule has 2 aliphatic heterocycles. The third-order valence-electron chi connectivity index (χ3n) is 5.41. The summed E-state index contributed by atoms with van der Waals surface area (Å²) < 4.78 is 12.5. The van der Waals surface area contributed by atoms with Gasteiger partial charge in [-0.25, -0.2) is 0 Å². The Labute approximate surface area is 129 Å². The number of hydrogen-bond donors (Lipinski definition) is 0. The minimum atomic E-state index is -1.54. The van der Waals surface area contributed by atoms with Crippen LogP contribution in [0.1, 0.15) is 27.2 Å². The molecule has 3 rings (SSSR count). The second-order valence-corrected chi connectivity index (χ2v) is 12.8. The van der Waals surface area contributed by atoms with Gasteiger partial charge in [-0.1, -0.05) is 62.5 Å². The van der Waals surface area contributed by atoms with Crippen LogP contribution in [0.2, 0.25) is 19.1 Å². The molecule has 0 spiro atoms. The monoisotopic (exact) mass is 304 g/mol. The highest BCUT2D eigenvalue weighted by atomic mass is 28.3. The van der Waals surface area contributed by atoms with E-state index in [2.05, 4.69) is 64.2 Å². The quantitative estimate of drug-likeness (QED) is 0.788. The van der Waals surface area contributed by atoms with Crippen molar-refractivity contribution < 1.29 is 9.47 Å². The van der Waals surface area contributed by atoms with E-state index < -0.39 is 8.07 Å². The molecule has 1 aromatic rings. The highest BCUT2D eigenvalue weighted by molar-refractivity contribution is 6.90. The van der Waals surface area contributed by atoms with Crippen molar-refractivity contribution in [2.45, 2.75) is 57.7 Å². The minimum absolute atomic E-state index is 0.0610. The van der Waals surface area contributed by atoms with Crippen molar-refractivity contribution >= 4 is 13.3 Å². The van der Waals surface area contributed by atoms with Crippen LogP contribution in [0.4, 0.5) is 0 Å². The number of hydrogen-bond acceptors (Lipinski definition) is 2. The summed E-state index contributed by atoms with van der Waals surface area (Å²) in [5.41, 5.74) is -0.0610. The van der Waals surface area contributed by atoms with Gasteiger partial charge in [-0.05, 0) is 24.8 Å². The SMILES string of the molecule is CC(C)[C@@H]1C[C@]2(C)OC[C@@]1(C[Si](C)(C)c1ccccc1)O2. The van der Waals surface area contributed by atoms with Crippen molar-refractivity contribution in [1.29, 1.82) is 0 Å². The van der Waals surface area contributed by atoms with E-state index in [9.17, 15) is 0 Å². The average Bonchev–Trinajstić information content (AvgIpc) is 2.89. The molecule has 1 aromatic carbocycles. The summed E-state index contributed by atoms with van der Waals surface area (Å²) in [7, 11) is -1.54. The second-order valence-electron chi connectivity index (χ2n) is 8.07. The van der Waals surface area contributed by atoms with Crippen molar-refractivity contribution in [2.75, 3.05) is 6.61 Å². The normalized spacial score (nSPS) is 35.6. The molecule has 0 unspecified atom stereocenters. The zero-order valence-corrected chi connectivity index (χ0v) is 15.0. The lowest BCUT2D eigenvalue weighted by Crippen LogP contribution is -2.52. The number of benzene rings is 1. The number of fused-ring (bicyclic) bond motifs is 2. The Hall–Kier alpha value is -0.643. The molecule has 3 atom stereocenters. The molecule has 0 amide bonds. The zero-order chi connectivity index (χ0) is 15.3. The van der Waals surface area contributed by atoms with Crippen LogP contribution < -0.4 is 5.19 Å². The Kier molecular flexibility index (Phi) is 3.59. The molecule has 21 heavy (non-hydrogen) atoms. The van der Waals surface area contributed by atoms with Crippen molar-refractivity contribution in [1.82, 2.24) is 0 Å². The lowest BCUT2D eigenvalue weighted by atomic mass is 9.78. The van der Waals surface area contributed by atoms with E-state index in [1.807, 2.05) is 0 Å². The van der Waals surface area contributed by atoms with Gasteiger partial charge in [0.2, 0.25) is 0 Å². The molecule has 2 heterocycles. The smallest absolute Gasteiger partial charge is 0.166 e. The van der Waals surface area contributed by atoms with Gasteiger partial charge in [-0.2, -0.15) is 0 Å². The maximum Gasteiger partial charge on any atom is 0.166 e. The molecule has 3 heteroatoms. The number of ether oxygens (including phenoxy) is 2. The first-order chi connectivity index (χ1) is 9.77. The molecular formula is C18H28O2Si. The zero-order valence-electron chi connectivity index (χ0n) is 14.0. The molecule has 2 fully saturated rings. The van der Waals surface area contributed by atoms with E-state index in [4.69, 9.17) is 9.47 Å². The first-order valence-electron chi connectivity index (χ1n) is 8.16. The maximum absolute atomic E-state index is 6.49. The van der Waals surface area contributed by atoms with E-state index >= 15 is 0 Å². The van der Waals surface area contributed by atoms with E-state index in [0.717, 1.165) is 19.1 Å². The molecule has 0 aliphatic carbocycles. The third kappa shape index (κ3) is 2.60. The molecule has 0 saturated carbocycles. The minimum Gasteiger partial charge on any atom is -0.347 e. The van der Waals surface area contributed by atoms with Gasteiger partial charge in [0.25, 0.3) is 0 Å². The topological polar surface area (TPSA) is 18.5 Å². The molecular weight excluding hydrogens is 276 g/mol. The Balaban J connectivity index is 1.89. The van der Waals surface area contributed by atoms with Crippen LogP contribution >= 0.6 is 0 Å². The predicted octanol–water partition coefficient (Wildman–Crippen LogP) is 3.78. The standard InChI is InChI=1S/C18H28O2Si/c1-14(2)16-11-17(3)19-12-18(16,20-17)13-21(4,5)15-9-7-6-8-10-15/h6-10,14,16H,11-13H2,1-5H3/t16-,17+,18-/m0/s1. The van der Waals surface area contributed by atoms with Crippen LogP contribution in [0.25, 0.3) is 0 Å². The summed E-state index contributed by atoms with van der Waals surface area (Å²) >= 11 is 0. The molecule has 0 radical (unpaired) electrons. The van der Waals surface area contributed by atoms with Crippen LogP contribution in [-0.4, -0.2) is 26.1 Å². The predicted molar refractivity (Wildman–Crippen MR) is 89.5 cm³/mol. The van der Waals surface area contributed by atoms with Crippen LogP contribution in [0.3, 0.4) is 0 Å². The van der Waals surface area contributed by atoms with Gasteiger partial charge >= 0.3 is 0 Å². The number of rotatable bonds is 4. The van der Waals surface area contributed by atoms with Crippen molar-refractivity contribution in [3.05, 3.63) is 30.3 Å². The largest absolute Gasteiger partial charge is 0.347 e. The summed E-state index contributed by atoms with van der Waals surface area (Å²) in [6, 6.07) is 12.2. The fourth-order valence-corrected chi connectivity index (χ4v) is 7.66. The molecule has 2 aliphatic rings. The van der Waals surface area contributed by atoms with Gasteiger partial charge in [-0.15, -0.1) is 0 Å². The summed E-state index contributed by atoms with van der Waals surface area (Å²) in [6.07, 6.45) is 1.05. The van der Waals surface area contributed by atoms with Gasteiger partial charge in [0.05, 0.1) is 20.3 Å². The third-order valence-corrected chi connectivity index (χ3v) is 8.79. The van der Waals surface area contributed by atoms with Gasteiger partial charge < -0.3 is 9.47 Å². The van der Waals surface area contributed by atoms with Gasteiger partial charge in [-0.3, -0.25) is 0 Å². The molecule has 116 valence electrons. The Bertz CT molecular complexity index is 513. The van der Waals surface area contributed by atoms with Gasteiger partial charge in [0.15, 0.2) is 5.79 Å². The lowest BCUT2D eigenvalue weighted by Gasteiger charge is -2.39. The van der Waals surface area contributed by atoms with E-state index in [1.165, 1.54) is 5.19 Å². The van der Waals surface area contributed by atoms with Crippen LogP contribution in [0.15, 0.2) is 30.3 Å². The summed E-state index contributed by atoms with van der Waals surface area (Å²) in [5, 5.41) is 1.52. The lowest BCUT2D eigenvalue weighted by molar-refractivity contribution is -0.136. The average molecular weight is 305 g/mol. The van der Waals surface area contributed by atoms with E-state index in [1.54, 1.807) is 0 Å². The fourth-order valence-electron chi connectivity index (χ4n) is 4.43. The Morgan fingerprint density at radius 1 is 1.24 bits per heavy atom. The van der Waals surface area contributed by atoms with E-state index in [0.29, 0.717) is 11.8 Å². The molecule has 0 aromatic heterocycles. The molecule has 0 N–H and O–H groups in total. The summed E-state index contributed by atoms with van der Waals surface area (Å²) in [6.45, 7) is 12.5. The first kappa shape index (κ1) is 15.3. The van der Waals surface area contributed by atoms with Crippen LogP contribution in [0, 0.1) is 11.8 Å². The summed E-state index contributed by atoms with van der Waals surface area (Å²) in [4.78, 5) is 0. The van der Waals surface area contributed by atoms with Gasteiger partial charge in [0.1, 0.15) is 0 Å². The first-order valence-corrected chi connectivity index (χ1v) is 11.4. The highest BCUT2D eigenvalue weighted by Gasteiger charge is 2.62. The van der Waals surface area contributed by atoms with Gasteiger partial charge in [0, 0.05) is 6.42 Å². The molecule has 2 saturated heterocycles. The fraction of sp³-hybridized carbons (Fsp3) is 0.667. The second kappa shape index (κ2) is 4.93.